The first-order valence-electron chi connectivity index (χ1n) is 9.24. The lowest BCUT2D eigenvalue weighted by Gasteiger charge is -2.19. The first-order chi connectivity index (χ1) is 12.2. The summed E-state index contributed by atoms with van der Waals surface area (Å²) in [6.07, 6.45) is 4.48. The van der Waals surface area contributed by atoms with Gasteiger partial charge < -0.3 is 15.2 Å². The van der Waals surface area contributed by atoms with Crippen LogP contribution in [-0.4, -0.2) is 20.3 Å². The largest absolute Gasteiger partial charge is 0.497 e. The van der Waals surface area contributed by atoms with Crippen LogP contribution in [-0.2, 0) is 6.42 Å². The summed E-state index contributed by atoms with van der Waals surface area (Å²) in [6.45, 7) is 5.74. The fraction of sp³-hybridized carbons (Fsp3) is 0.455. The maximum atomic E-state index is 6.06. The van der Waals surface area contributed by atoms with Crippen molar-refractivity contribution in [3.05, 3.63) is 59.2 Å². The minimum Gasteiger partial charge on any atom is -0.497 e. The van der Waals surface area contributed by atoms with Gasteiger partial charge in [-0.1, -0.05) is 38.0 Å². The van der Waals surface area contributed by atoms with Crippen LogP contribution in [0.1, 0.15) is 48.8 Å². The van der Waals surface area contributed by atoms with Gasteiger partial charge >= 0.3 is 0 Å². The van der Waals surface area contributed by atoms with E-state index in [0.29, 0.717) is 12.5 Å². The van der Waals surface area contributed by atoms with E-state index in [1.54, 1.807) is 7.11 Å². The molecule has 0 aliphatic rings. The Balaban J connectivity index is 1.99. The monoisotopic (exact) mass is 341 g/mol. The van der Waals surface area contributed by atoms with Crippen molar-refractivity contribution in [1.82, 2.24) is 0 Å². The van der Waals surface area contributed by atoms with Gasteiger partial charge in [-0.15, -0.1) is 0 Å². The van der Waals surface area contributed by atoms with Crippen molar-refractivity contribution in [2.45, 2.75) is 45.4 Å². The van der Waals surface area contributed by atoms with Crippen LogP contribution in [0.25, 0.3) is 0 Å². The van der Waals surface area contributed by atoms with Gasteiger partial charge in [-0.05, 0) is 67.3 Å². The second-order valence-electron chi connectivity index (χ2n) is 6.56. The lowest BCUT2D eigenvalue weighted by molar-refractivity contribution is 0.306. The molecule has 2 rings (SSSR count). The number of rotatable bonds is 10. The normalized spacial score (nSPS) is 12.0. The fourth-order valence-corrected chi connectivity index (χ4v) is 3.10. The number of aryl methyl sites for hydroxylation is 1. The lowest BCUT2D eigenvalue weighted by Crippen LogP contribution is -2.16. The Bertz CT molecular complexity index is 637. The molecule has 25 heavy (non-hydrogen) atoms. The SMILES string of the molecule is CCCCCOc1ccc(CC(CN)c2ccc(OC)cc2C)cc1. The van der Waals surface area contributed by atoms with Gasteiger partial charge in [0, 0.05) is 5.92 Å². The smallest absolute Gasteiger partial charge is 0.119 e. The third kappa shape index (κ3) is 5.79. The van der Waals surface area contributed by atoms with Gasteiger partial charge in [0.1, 0.15) is 11.5 Å². The van der Waals surface area contributed by atoms with Crippen molar-refractivity contribution in [3.8, 4) is 11.5 Å². The maximum absolute atomic E-state index is 6.06. The number of ether oxygens (including phenoxy) is 2. The molecule has 2 N–H and O–H groups in total. The number of hydrogen-bond donors (Lipinski definition) is 1. The Morgan fingerprint density at radius 3 is 2.32 bits per heavy atom. The minimum absolute atomic E-state index is 0.308. The van der Waals surface area contributed by atoms with E-state index in [9.17, 15) is 0 Å². The second kappa shape index (κ2) is 10.1. The molecule has 0 aliphatic heterocycles. The summed E-state index contributed by atoms with van der Waals surface area (Å²) >= 11 is 0. The van der Waals surface area contributed by atoms with E-state index in [-0.39, 0.29) is 0 Å². The zero-order valence-electron chi connectivity index (χ0n) is 15.8. The zero-order chi connectivity index (χ0) is 18.1. The standard InChI is InChI=1S/C22H31NO2/c1-4-5-6-13-25-20-9-7-18(8-10-20)15-19(16-23)22-12-11-21(24-3)14-17(22)2/h7-12,14,19H,4-6,13,15-16,23H2,1-3H3. The van der Waals surface area contributed by atoms with E-state index in [1.165, 1.54) is 29.5 Å². The molecule has 0 bridgehead atoms. The Hall–Kier alpha value is -2.00. The van der Waals surface area contributed by atoms with Crippen molar-refractivity contribution >= 4 is 0 Å². The summed E-state index contributed by atoms with van der Waals surface area (Å²) in [7, 11) is 1.70. The van der Waals surface area contributed by atoms with Gasteiger partial charge in [0.25, 0.3) is 0 Å². The van der Waals surface area contributed by atoms with Crippen LogP contribution < -0.4 is 15.2 Å². The van der Waals surface area contributed by atoms with Gasteiger partial charge in [0.2, 0.25) is 0 Å². The van der Waals surface area contributed by atoms with Crippen molar-refractivity contribution in [1.29, 1.82) is 0 Å². The molecule has 1 atom stereocenters. The highest BCUT2D eigenvalue weighted by molar-refractivity contribution is 5.38. The average molecular weight is 341 g/mol. The number of methoxy groups -OCH3 is 1. The van der Waals surface area contributed by atoms with Crippen LogP contribution in [0, 0.1) is 6.92 Å². The predicted molar refractivity (Wildman–Crippen MR) is 105 cm³/mol. The molecular weight excluding hydrogens is 310 g/mol. The van der Waals surface area contributed by atoms with Crippen molar-refractivity contribution in [2.24, 2.45) is 5.73 Å². The fourth-order valence-electron chi connectivity index (χ4n) is 3.10. The van der Waals surface area contributed by atoms with Gasteiger partial charge in [-0.2, -0.15) is 0 Å². The molecule has 136 valence electrons. The number of hydrogen-bond acceptors (Lipinski definition) is 3. The molecule has 1 unspecified atom stereocenters. The molecular formula is C22H31NO2. The molecule has 3 nitrogen and oxygen atoms in total. The topological polar surface area (TPSA) is 44.5 Å². The lowest BCUT2D eigenvalue weighted by atomic mass is 9.89. The van der Waals surface area contributed by atoms with E-state index in [2.05, 4.69) is 50.2 Å². The van der Waals surface area contributed by atoms with Crippen LogP contribution in [0.3, 0.4) is 0 Å². The Kier molecular flexibility index (Phi) is 7.80. The molecule has 0 heterocycles. The third-order valence-electron chi connectivity index (χ3n) is 4.62. The Morgan fingerprint density at radius 1 is 1.00 bits per heavy atom. The average Bonchev–Trinajstić information content (AvgIpc) is 2.64. The number of nitrogens with two attached hydrogens (primary N) is 1. The summed E-state index contributed by atoms with van der Waals surface area (Å²) in [4.78, 5) is 0. The molecule has 0 fully saturated rings. The third-order valence-corrected chi connectivity index (χ3v) is 4.62. The van der Waals surface area contributed by atoms with Crippen LogP contribution in [0.15, 0.2) is 42.5 Å². The summed E-state index contributed by atoms with van der Waals surface area (Å²) < 4.78 is 11.1. The van der Waals surface area contributed by atoms with Crippen LogP contribution in [0.4, 0.5) is 0 Å². The van der Waals surface area contributed by atoms with E-state index < -0.39 is 0 Å². The highest BCUT2D eigenvalue weighted by atomic mass is 16.5. The number of unbranched alkanes of at least 4 members (excludes halogenated alkanes) is 2. The molecule has 0 spiro atoms. The maximum Gasteiger partial charge on any atom is 0.119 e. The predicted octanol–water partition coefficient (Wildman–Crippen LogP) is 4.86. The molecule has 2 aromatic carbocycles. The number of benzene rings is 2. The summed E-state index contributed by atoms with van der Waals surface area (Å²) in [6, 6.07) is 14.7. The summed E-state index contributed by atoms with van der Waals surface area (Å²) in [5.74, 6) is 2.15. The van der Waals surface area contributed by atoms with E-state index in [4.69, 9.17) is 15.2 Å². The second-order valence-corrected chi connectivity index (χ2v) is 6.56. The zero-order valence-corrected chi connectivity index (χ0v) is 15.8. The van der Waals surface area contributed by atoms with E-state index >= 15 is 0 Å². The first kappa shape index (κ1) is 19.3. The van der Waals surface area contributed by atoms with Crippen molar-refractivity contribution in [2.75, 3.05) is 20.3 Å². The minimum atomic E-state index is 0.308. The van der Waals surface area contributed by atoms with Crippen molar-refractivity contribution in [3.63, 3.8) is 0 Å². The van der Waals surface area contributed by atoms with Gasteiger partial charge in [0.05, 0.1) is 13.7 Å². The molecule has 3 heteroatoms. The summed E-state index contributed by atoms with van der Waals surface area (Å²) in [5.41, 5.74) is 9.87. The Labute approximate surface area is 152 Å². The van der Waals surface area contributed by atoms with Gasteiger partial charge in [-0.3, -0.25) is 0 Å². The van der Waals surface area contributed by atoms with E-state index in [0.717, 1.165) is 30.9 Å². The van der Waals surface area contributed by atoms with Gasteiger partial charge in [0.15, 0.2) is 0 Å². The Morgan fingerprint density at radius 2 is 1.72 bits per heavy atom. The van der Waals surface area contributed by atoms with Crippen LogP contribution in [0.2, 0.25) is 0 Å². The summed E-state index contributed by atoms with van der Waals surface area (Å²) in [5, 5.41) is 0. The highest BCUT2D eigenvalue weighted by Crippen LogP contribution is 2.27. The first-order valence-corrected chi connectivity index (χ1v) is 9.24. The van der Waals surface area contributed by atoms with Gasteiger partial charge in [-0.25, -0.2) is 0 Å². The molecule has 0 radical (unpaired) electrons. The molecule has 2 aromatic rings. The van der Waals surface area contributed by atoms with E-state index in [1.807, 2.05) is 6.07 Å². The molecule has 0 aromatic heterocycles. The molecule has 0 saturated heterocycles. The molecule has 0 aliphatic carbocycles. The molecule has 0 saturated carbocycles. The quantitative estimate of drug-likeness (QED) is 0.628. The van der Waals surface area contributed by atoms with Crippen LogP contribution in [0.5, 0.6) is 11.5 Å². The van der Waals surface area contributed by atoms with Crippen molar-refractivity contribution < 1.29 is 9.47 Å². The highest BCUT2D eigenvalue weighted by Gasteiger charge is 2.14. The molecule has 0 amide bonds. The van der Waals surface area contributed by atoms with Crippen LogP contribution >= 0.6 is 0 Å².